The molecule has 0 saturated heterocycles. The highest BCUT2D eigenvalue weighted by Gasteiger charge is 2.07. The van der Waals surface area contributed by atoms with Gasteiger partial charge in [-0.15, -0.1) is 10.2 Å². The molecule has 2 rings (SSSR count). The predicted molar refractivity (Wildman–Crippen MR) is 59.0 cm³/mol. The quantitative estimate of drug-likeness (QED) is 0.643. The molecule has 0 unspecified atom stereocenters. The van der Waals surface area contributed by atoms with Gasteiger partial charge in [0.25, 0.3) is 10.1 Å². The Balaban J connectivity index is 2.19. The molecule has 88 valence electrons. The van der Waals surface area contributed by atoms with Crippen LogP contribution in [0.3, 0.4) is 0 Å². The molecule has 0 saturated carbocycles. The third kappa shape index (κ3) is 2.95. The Bertz CT molecular complexity index is 617. The summed E-state index contributed by atoms with van der Waals surface area (Å²) in [6.45, 7) is 0. The van der Waals surface area contributed by atoms with Crippen LogP contribution in [-0.4, -0.2) is 22.9 Å². The minimum atomic E-state index is -4.17. The van der Waals surface area contributed by atoms with Crippen molar-refractivity contribution in [2.45, 2.75) is 4.90 Å². The topological polar surface area (TPSA) is 108 Å². The van der Waals surface area contributed by atoms with Crippen LogP contribution in [0.4, 0.5) is 11.6 Å². The second-order valence-electron chi connectivity index (χ2n) is 3.08. The zero-order chi connectivity index (χ0) is 12.3. The molecular formula is C9H8N4O3S. The van der Waals surface area contributed by atoms with Gasteiger partial charge in [0.2, 0.25) is 5.95 Å². The Morgan fingerprint density at radius 2 is 1.88 bits per heavy atom. The van der Waals surface area contributed by atoms with Crippen LogP contribution in [-0.2, 0) is 10.1 Å². The zero-order valence-electron chi connectivity index (χ0n) is 8.48. The van der Waals surface area contributed by atoms with Crippen LogP contribution >= 0.6 is 0 Å². The van der Waals surface area contributed by atoms with Gasteiger partial charge in [-0.05, 0) is 24.3 Å². The van der Waals surface area contributed by atoms with Crippen LogP contribution in [0, 0.1) is 0 Å². The highest BCUT2D eigenvalue weighted by Crippen LogP contribution is 2.18. The first-order valence-corrected chi connectivity index (χ1v) is 5.98. The third-order valence-electron chi connectivity index (χ3n) is 1.88. The Morgan fingerprint density at radius 3 is 2.41 bits per heavy atom. The molecule has 2 N–H and O–H groups in total. The number of nitrogens with one attached hydrogen (secondary N) is 1. The molecule has 0 bridgehead atoms. The molecule has 17 heavy (non-hydrogen) atoms. The van der Waals surface area contributed by atoms with Crippen molar-refractivity contribution in [2.75, 3.05) is 0 Å². The Morgan fingerprint density at radius 1 is 1.18 bits per heavy atom. The molecule has 8 heteroatoms. The van der Waals surface area contributed by atoms with E-state index >= 15 is 0 Å². The maximum atomic E-state index is 10.8. The summed E-state index contributed by atoms with van der Waals surface area (Å²) in [4.78, 5) is 6.39. The summed E-state index contributed by atoms with van der Waals surface area (Å²) in [7, 11) is -4.17. The summed E-state index contributed by atoms with van der Waals surface area (Å²) < 4.78 is 30.3. The van der Waals surface area contributed by atoms with E-state index in [0.29, 0.717) is 11.6 Å². The lowest BCUT2D eigenvalue weighted by molar-refractivity contribution is 0.483. The lowest BCUT2D eigenvalue weighted by Crippen LogP contribution is -1.96. The van der Waals surface area contributed by atoms with Gasteiger partial charge in [0.1, 0.15) is 0 Å². The molecule has 2 aromatic rings. The fourth-order valence-electron chi connectivity index (χ4n) is 1.10. The van der Waals surface area contributed by atoms with E-state index in [9.17, 15) is 8.42 Å². The van der Waals surface area contributed by atoms with Crippen LogP contribution in [0.15, 0.2) is 51.8 Å². The first kappa shape index (κ1) is 11.4. The first-order chi connectivity index (χ1) is 8.05. The molecule has 0 amide bonds. The van der Waals surface area contributed by atoms with Crippen molar-refractivity contribution in [3.63, 3.8) is 0 Å². The molecular weight excluding hydrogens is 244 g/mol. The maximum Gasteiger partial charge on any atom is 0.294 e. The van der Waals surface area contributed by atoms with E-state index in [4.69, 9.17) is 4.55 Å². The molecule has 0 aliphatic heterocycles. The Labute approximate surface area is 97.0 Å². The van der Waals surface area contributed by atoms with Gasteiger partial charge in [-0.3, -0.25) is 4.55 Å². The first-order valence-electron chi connectivity index (χ1n) is 4.54. The van der Waals surface area contributed by atoms with Crippen LogP contribution in [0.2, 0.25) is 0 Å². The molecule has 0 atom stereocenters. The molecule has 0 aliphatic rings. The van der Waals surface area contributed by atoms with Gasteiger partial charge >= 0.3 is 0 Å². The summed E-state index contributed by atoms with van der Waals surface area (Å²) in [5.74, 6) is 0.351. The number of aromatic nitrogens is 2. The molecule has 0 radical (unpaired) electrons. The van der Waals surface area contributed by atoms with Crippen molar-refractivity contribution in [2.24, 2.45) is 10.2 Å². The van der Waals surface area contributed by atoms with Crippen LogP contribution in [0.25, 0.3) is 0 Å². The molecule has 7 nitrogen and oxygen atoms in total. The fourth-order valence-corrected chi connectivity index (χ4v) is 1.58. The Hall–Kier alpha value is -2.06. The number of rotatable bonds is 3. The monoisotopic (exact) mass is 252 g/mol. The SMILES string of the molecule is O=S(=O)(O)c1ccc(N=Nc2ncc[nH]2)cc1. The lowest BCUT2D eigenvalue weighted by Gasteiger charge is -1.96. The maximum absolute atomic E-state index is 10.8. The number of H-pyrrole nitrogens is 1. The van der Waals surface area contributed by atoms with Crippen LogP contribution < -0.4 is 0 Å². The number of hydrogen-bond acceptors (Lipinski definition) is 5. The summed E-state index contributed by atoms with van der Waals surface area (Å²) in [6.07, 6.45) is 3.14. The molecule has 0 aliphatic carbocycles. The van der Waals surface area contributed by atoms with Gasteiger partial charge in [-0.25, -0.2) is 4.98 Å². The zero-order valence-corrected chi connectivity index (χ0v) is 9.29. The number of nitrogens with zero attached hydrogens (tertiary/aromatic N) is 3. The van der Waals surface area contributed by atoms with Gasteiger partial charge < -0.3 is 4.98 Å². The lowest BCUT2D eigenvalue weighted by atomic mass is 10.3. The average molecular weight is 252 g/mol. The second-order valence-corrected chi connectivity index (χ2v) is 4.50. The molecule has 1 aromatic heterocycles. The van der Waals surface area contributed by atoms with E-state index in [2.05, 4.69) is 20.2 Å². The summed E-state index contributed by atoms with van der Waals surface area (Å²) in [6, 6.07) is 5.34. The van der Waals surface area contributed by atoms with Gasteiger partial charge in [0.05, 0.1) is 10.6 Å². The van der Waals surface area contributed by atoms with Crippen molar-refractivity contribution in [3.8, 4) is 0 Å². The number of benzene rings is 1. The van der Waals surface area contributed by atoms with Crippen LogP contribution in [0.5, 0.6) is 0 Å². The van der Waals surface area contributed by atoms with Crippen molar-refractivity contribution in [3.05, 3.63) is 36.7 Å². The third-order valence-corrected chi connectivity index (χ3v) is 2.75. The van der Waals surface area contributed by atoms with E-state index < -0.39 is 10.1 Å². The van der Waals surface area contributed by atoms with Gasteiger partial charge in [0, 0.05) is 12.4 Å². The smallest absolute Gasteiger partial charge is 0.294 e. The standard InChI is InChI=1S/C9H8N4O3S/c14-17(15,16)8-3-1-7(2-4-8)12-13-9-10-5-6-11-9/h1-6H,(H,10,11)(H,14,15,16). The van der Waals surface area contributed by atoms with E-state index in [1.165, 1.54) is 30.5 Å². The molecule has 0 spiro atoms. The van der Waals surface area contributed by atoms with Crippen LogP contribution in [0.1, 0.15) is 0 Å². The summed E-state index contributed by atoms with van der Waals surface area (Å²) in [5.41, 5.74) is 0.453. The largest absolute Gasteiger partial charge is 0.328 e. The molecule has 1 heterocycles. The number of azo groups is 1. The van der Waals surface area contributed by atoms with E-state index in [1.807, 2.05) is 0 Å². The van der Waals surface area contributed by atoms with Gasteiger partial charge in [-0.2, -0.15) is 8.42 Å². The minimum Gasteiger partial charge on any atom is -0.328 e. The summed E-state index contributed by atoms with van der Waals surface area (Å²) >= 11 is 0. The number of imidazole rings is 1. The highest BCUT2D eigenvalue weighted by molar-refractivity contribution is 7.85. The van der Waals surface area contributed by atoms with Crippen molar-refractivity contribution in [1.82, 2.24) is 9.97 Å². The normalized spacial score (nSPS) is 12.1. The second kappa shape index (κ2) is 4.44. The molecule has 1 aromatic carbocycles. The number of aromatic amines is 1. The fraction of sp³-hybridized carbons (Fsp3) is 0. The van der Waals surface area contributed by atoms with Crippen molar-refractivity contribution < 1.29 is 13.0 Å². The van der Waals surface area contributed by atoms with E-state index in [1.54, 1.807) is 6.20 Å². The predicted octanol–water partition coefficient (Wildman–Crippen LogP) is 2.07. The van der Waals surface area contributed by atoms with Gasteiger partial charge in [-0.1, -0.05) is 0 Å². The van der Waals surface area contributed by atoms with E-state index in [0.717, 1.165) is 0 Å². The average Bonchev–Trinajstić information content (AvgIpc) is 2.78. The van der Waals surface area contributed by atoms with Gasteiger partial charge in [0.15, 0.2) is 0 Å². The minimum absolute atomic E-state index is 0.186. The van der Waals surface area contributed by atoms with Crippen molar-refractivity contribution in [1.29, 1.82) is 0 Å². The highest BCUT2D eigenvalue weighted by atomic mass is 32.2. The van der Waals surface area contributed by atoms with E-state index in [-0.39, 0.29) is 4.90 Å². The van der Waals surface area contributed by atoms with Crippen molar-refractivity contribution >= 4 is 21.8 Å². The Kier molecular flexibility index (Phi) is 2.98. The molecule has 0 fully saturated rings. The summed E-state index contributed by atoms with van der Waals surface area (Å²) in [5, 5.41) is 7.60. The number of hydrogen-bond donors (Lipinski definition) is 2.